The Morgan fingerprint density at radius 1 is 1.60 bits per heavy atom. The summed E-state index contributed by atoms with van der Waals surface area (Å²) in [4.78, 5) is 15.5. The molecule has 0 spiro atoms. The number of carboxylic acids is 1. The van der Waals surface area contributed by atoms with Gasteiger partial charge in [0.2, 0.25) is 0 Å². The molecule has 0 aliphatic carbocycles. The first-order chi connectivity index (χ1) is 7.15. The number of nitrogens with zero attached hydrogens (tertiary/aromatic N) is 1. The van der Waals surface area contributed by atoms with Gasteiger partial charge in [-0.25, -0.2) is 4.98 Å². The summed E-state index contributed by atoms with van der Waals surface area (Å²) < 4.78 is 6.07. The van der Waals surface area contributed by atoms with Gasteiger partial charge in [0.1, 0.15) is 10.4 Å². The average Bonchev–Trinajstić information content (AvgIpc) is 2.66. The first-order valence-electron chi connectivity index (χ1n) is 4.58. The second kappa shape index (κ2) is 4.19. The molecule has 1 aromatic rings. The number of halogens is 1. The van der Waals surface area contributed by atoms with E-state index in [-0.39, 0.29) is 0 Å². The van der Waals surface area contributed by atoms with E-state index in [4.69, 9.17) is 4.74 Å². The van der Waals surface area contributed by atoms with Gasteiger partial charge in [-0.2, -0.15) is 0 Å². The van der Waals surface area contributed by atoms with E-state index < -0.39 is 11.4 Å². The molecule has 2 rings (SSSR count). The first kappa shape index (κ1) is 11.0. The highest BCUT2D eigenvalue weighted by molar-refractivity contribution is 9.11. The Bertz CT molecular complexity index is 373. The van der Waals surface area contributed by atoms with Crippen LogP contribution in [-0.4, -0.2) is 29.3 Å². The summed E-state index contributed by atoms with van der Waals surface area (Å²) in [7, 11) is 0. The van der Waals surface area contributed by atoms with Gasteiger partial charge in [0.15, 0.2) is 0 Å². The van der Waals surface area contributed by atoms with E-state index in [0.29, 0.717) is 31.1 Å². The third kappa shape index (κ3) is 1.93. The van der Waals surface area contributed by atoms with Crippen molar-refractivity contribution >= 4 is 33.2 Å². The molecule has 0 bridgehead atoms. The van der Waals surface area contributed by atoms with Crippen molar-refractivity contribution in [2.75, 3.05) is 13.2 Å². The topological polar surface area (TPSA) is 59.4 Å². The summed E-state index contributed by atoms with van der Waals surface area (Å²) in [6, 6.07) is 0. The lowest BCUT2D eigenvalue weighted by Crippen LogP contribution is -2.41. The molecule has 0 amide bonds. The Hall–Kier alpha value is -0.460. The summed E-state index contributed by atoms with van der Waals surface area (Å²) in [5, 5.41) is 10.0. The van der Waals surface area contributed by atoms with E-state index in [1.54, 1.807) is 6.20 Å². The molecule has 0 radical (unpaired) electrons. The van der Waals surface area contributed by atoms with Gasteiger partial charge in [-0.1, -0.05) is 0 Å². The third-order valence-corrected chi connectivity index (χ3v) is 4.32. The number of ether oxygens (including phenoxy) is 1. The molecular formula is C9H10BrNO3S. The van der Waals surface area contributed by atoms with Crippen LogP contribution in [0.25, 0.3) is 0 Å². The van der Waals surface area contributed by atoms with Gasteiger partial charge >= 0.3 is 5.97 Å². The molecule has 6 heteroatoms. The minimum atomic E-state index is -0.838. The zero-order valence-corrected chi connectivity index (χ0v) is 10.3. The summed E-state index contributed by atoms with van der Waals surface area (Å²) >= 11 is 4.69. The quantitative estimate of drug-likeness (QED) is 0.906. The molecule has 0 aromatic carbocycles. The Morgan fingerprint density at radius 2 is 2.27 bits per heavy atom. The van der Waals surface area contributed by atoms with Gasteiger partial charge in [0.25, 0.3) is 0 Å². The maximum Gasteiger partial charge on any atom is 0.316 e. The van der Waals surface area contributed by atoms with Gasteiger partial charge in [0.05, 0.1) is 9.98 Å². The number of hydrogen-bond acceptors (Lipinski definition) is 4. The Balaban J connectivity index is 2.37. The molecule has 4 nitrogen and oxygen atoms in total. The maximum atomic E-state index is 11.4. The fraction of sp³-hybridized carbons (Fsp3) is 0.556. The minimum absolute atomic E-state index is 0.490. The van der Waals surface area contributed by atoms with Crippen LogP contribution in [0.2, 0.25) is 0 Å². The maximum absolute atomic E-state index is 11.4. The number of rotatable bonds is 2. The second-order valence-corrected chi connectivity index (χ2v) is 5.88. The van der Waals surface area contributed by atoms with Crippen LogP contribution in [0.4, 0.5) is 0 Å². The zero-order chi connectivity index (χ0) is 10.9. The Morgan fingerprint density at radius 3 is 2.73 bits per heavy atom. The molecule has 0 atom stereocenters. The van der Waals surface area contributed by atoms with Crippen molar-refractivity contribution in [2.45, 2.75) is 18.3 Å². The smallest absolute Gasteiger partial charge is 0.316 e. The summed E-state index contributed by atoms with van der Waals surface area (Å²) in [6.07, 6.45) is 2.66. The summed E-state index contributed by atoms with van der Waals surface area (Å²) in [5.74, 6) is -0.798. The van der Waals surface area contributed by atoms with Crippen LogP contribution in [0.3, 0.4) is 0 Å². The van der Waals surface area contributed by atoms with Crippen molar-refractivity contribution in [2.24, 2.45) is 0 Å². The van der Waals surface area contributed by atoms with Crippen LogP contribution in [-0.2, 0) is 14.9 Å². The highest BCUT2D eigenvalue weighted by Crippen LogP contribution is 2.38. The van der Waals surface area contributed by atoms with E-state index in [9.17, 15) is 9.90 Å². The van der Waals surface area contributed by atoms with Crippen LogP contribution in [0.1, 0.15) is 17.8 Å². The Labute approximate surface area is 99.4 Å². The van der Waals surface area contributed by atoms with Crippen LogP contribution in [0.5, 0.6) is 0 Å². The fourth-order valence-corrected chi connectivity index (χ4v) is 3.16. The highest BCUT2D eigenvalue weighted by atomic mass is 79.9. The first-order valence-corrected chi connectivity index (χ1v) is 6.19. The molecule has 1 aromatic heterocycles. The number of aromatic nitrogens is 1. The highest BCUT2D eigenvalue weighted by Gasteiger charge is 2.44. The molecule has 1 aliphatic rings. The van der Waals surface area contributed by atoms with Gasteiger partial charge in [0, 0.05) is 13.2 Å². The average molecular weight is 292 g/mol. The molecule has 1 aliphatic heterocycles. The van der Waals surface area contributed by atoms with E-state index in [1.807, 2.05) is 0 Å². The van der Waals surface area contributed by atoms with Gasteiger partial charge in [-0.3, -0.25) is 4.79 Å². The summed E-state index contributed by atoms with van der Waals surface area (Å²) in [6.45, 7) is 0.979. The normalized spacial score (nSPS) is 20.1. The van der Waals surface area contributed by atoms with Gasteiger partial charge < -0.3 is 9.84 Å². The molecule has 82 valence electrons. The Kier molecular flexibility index (Phi) is 3.08. The van der Waals surface area contributed by atoms with E-state index in [0.717, 1.165) is 3.79 Å². The lowest BCUT2D eigenvalue weighted by molar-refractivity contribution is -0.147. The molecule has 1 fully saturated rings. The summed E-state index contributed by atoms with van der Waals surface area (Å²) in [5.41, 5.74) is -0.838. The number of aliphatic carboxylic acids is 1. The number of carbonyl (C=O) groups is 1. The standard InChI is InChI=1S/C9H10BrNO3S/c10-6-5-11-7(15-6)9(8(12)13)1-3-14-4-2-9/h5H,1-4H2,(H,12,13). The molecule has 0 saturated carbocycles. The predicted molar refractivity (Wildman–Crippen MR) is 59.2 cm³/mol. The largest absolute Gasteiger partial charge is 0.481 e. The molecule has 1 N–H and O–H groups in total. The van der Waals surface area contributed by atoms with Crippen molar-refractivity contribution in [1.82, 2.24) is 4.98 Å². The molecule has 0 unspecified atom stereocenters. The second-order valence-electron chi connectivity index (χ2n) is 3.47. The van der Waals surface area contributed by atoms with E-state index >= 15 is 0 Å². The lowest BCUT2D eigenvalue weighted by Gasteiger charge is -2.30. The van der Waals surface area contributed by atoms with Crippen LogP contribution in [0, 0.1) is 0 Å². The van der Waals surface area contributed by atoms with Crippen molar-refractivity contribution in [3.8, 4) is 0 Å². The molecular weight excluding hydrogens is 282 g/mol. The van der Waals surface area contributed by atoms with Crippen LogP contribution in [0.15, 0.2) is 9.98 Å². The lowest BCUT2D eigenvalue weighted by atomic mass is 9.81. The number of carboxylic acid groups (broad SMARTS) is 1. The van der Waals surface area contributed by atoms with E-state index in [1.165, 1.54) is 11.3 Å². The monoisotopic (exact) mass is 291 g/mol. The van der Waals surface area contributed by atoms with Crippen molar-refractivity contribution < 1.29 is 14.6 Å². The molecule has 15 heavy (non-hydrogen) atoms. The van der Waals surface area contributed by atoms with Crippen LogP contribution >= 0.6 is 27.3 Å². The fourth-order valence-electron chi connectivity index (χ4n) is 1.71. The minimum Gasteiger partial charge on any atom is -0.481 e. The number of hydrogen-bond donors (Lipinski definition) is 1. The molecule has 2 heterocycles. The van der Waals surface area contributed by atoms with Crippen molar-refractivity contribution in [1.29, 1.82) is 0 Å². The van der Waals surface area contributed by atoms with Crippen molar-refractivity contribution in [3.63, 3.8) is 0 Å². The van der Waals surface area contributed by atoms with Crippen molar-refractivity contribution in [3.05, 3.63) is 15.0 Å². The number of thiazole rings is 1. The zero-order valence-electron chi connectivity index (χ0n) is 7.90. The van der Waals surface area contributed by atoms with Crippen LogP contribution < -0.4 is 0 Å². The SMILES string of the molecule is O=C(O)C1(c2ncc(Br)s2)CCOCC1. The predicted octanol–water partition coefficient (Wildman–Crippen LogP) is 2.04. The van der Waals surface area contributed by atoms with E-state index in [2.05, 4.69) is 20.9 Å². The third-order valence-electron chi connectivity index (χ3n) is 2.64. The molecule has 1 saturated heterocycles. The van der Waals surface area contributed by atoms with Gasteiger partial charge in [-0.05, 0) is 28.8 Å². The van der Waals surface area contributed by atoms with Gasteiger partial charge in [-0.15, -0.1) is 11.3 Å².